The maximum atomic E-state index is 13.6. The molecule has 0 saturated carbocycles. The normalized spacial score (nSPS) is 12.1. The summed E-state index contributed by atoms with van der Waals surface area (Å²) in [6, 6.07) is 7.49. The van der Waals surface area contributed by atoms with E-state index < -0.39 is 6.04 Å². The second-order valence-electron chi connectivity index (χ2n) is 4.38. The van der Waals surface area contributed by atoms with Crippen molar-refractivity contribution in [2.24, 2.45) is 5.73 Å². The van der Waals surface area contributed by atoms with Gasteiger partial charge in [-0.1, -0.05) is 17.7 Å². The fourth-order valence-corrected chi connectivity index (χ4v) is 2.51. The highest BCUT2D eigenvalue weighted by atomic mass is 79.9. The van der Waals surface area contributed by atoms with Gasteiger partial charge in [-0.25, -0.2) is 4.39 Å². The second-order valence-corrected chi connectivity index (χ2v) is 5.64. The Morgan fingerprint density at radius 1 is 1.14 bits per heavy atom. The zero-order chi connectivity index (χ0) is 15.6. The van der Waals surface area contributed by atoms with Crippen molar-refractivity contribution in [1.29, 1.82) is 0 Å². The minimum absolute atomic E-state index is 0.375. The highest BCUT2D eigenvalue weighted by Gasteiger charge is 2.18. The van der Waals surface area contributed by atoms with Crippen LogP contribution in [-0.4, -0.2) is 14.2 Å². The lowest BCUT2D eigenvalue weighted by Crippen LogP contribution is -2.13. The number of halogens is 3. The first-order chi connectivity index (χ1) is 9.97. The van der Waals surface area contributed by atoms with E-state index in [1.165, 1.54) is 20.3 Å². The number of benzene rings is 2. The summed E-state index contributed by atoms with van der Waals surface area (Å²) < 4.78 is 24.4. The van der Waals surface area contributed by atoms with Gasteiger partial charge in [0.15, 0.2) is 11.5 Å². The lowest BCUT2D eigenvalue weighted by Gasteiger charge is -2.17. The summed E-state index contributed by atoms with van der Waals surface area (Å²) >= 11 is 9.35. The molecule has 0 radical (unpaired) electrons. The molecule has 112 valence electrons. The van der Waals surface area contributed by atoms with Gasteiger partial charge in [-0.05, 0) is 45.3 Å². The Kier molecular flexibility index (Phi) is 5.08. The van der Waals surface area contributed by atoms with E-state index in [2.05, 4.69) is 15.9 Å². The lowest BCUT2D eigenvalue weighted by molar-refractivity contribution is 0.354. The number of rotatable bonds is 4. The molecule has 2 aromatic carbocycles. The van der Waals surface area contributed by atoms with Crippen LogP contribution in [0, 0.1) is 5.82 Å². The molecule has 0 heterocycles. The first kappa shape index (κ1) is 16.1. The smallest absolute Gasteiger partial charge is 0.162 e. The molecule has 0 aliphatic rings. The predicted octanol–water partition coefficient (Wildman–Crippen LogP) is 4.31. The molecule has 2 rings (SSSR count). The van der Waals surface area contributed by atoms with Crippen LogP contribution in [0.1, 0.15) is 17.2 Å². The number of nitrogens with two attached hydrogens (primary N) is 1. The molecule has 0 aliphatic carbocycles. The Morgan fingerprint density at radius 3 is 2.33 bits per heavy atom. The number of hydrogen-bond donors (Lipinski definition) is 1. The quantitative estimate of drug-likeness (QED) is 0.867. The maximum absolute atomic E-state index is 13.6. The van der Waals surface area contributed by atoms with Crippen LogP contribution in [0.5, 0.6) is 11.5 Å². The van der Waals surface area contributed by atoms with E-state index in [1.54, 1.807) is 24.3 Å². The van der Waals surface area contributed by atoms with Gasteiger partial charge in [-0.2, -0.15) is 0 Å². The van der Waals surface area contributed by atoms with Crippen LogP contribution in [-0.2, 0) is 0 Å². The summed E-state index contributed by atoms with van der Waals surface area (Å²) in [5.41, 5.74) is 7.44. The highest BCUT2D eigenvalue weighted by Crippen LogP contribution is 2.37. The van der Waals surface area contributed by atoms with Crippen LogP contribution in [0.4, 0.5) is 4.39 Å². The van der Waals surface area contributed by atoms with Crippen molar-refractivity contribution >= 4 is 27.5 Å². The van der Waals surface area contributed by atoms with Gasteiger partial charge >= 0.3 is 0 Å². The molecule has 1 unspecified atom stereocenters. The van der Waals surface area contributed by atoms with Gasteiger partial charge in [0.2, 0.25) is 0 Å². The highest BCUT2D eigenvalue weighted by molar-refractivity contribution is 9.10. The van der Waals surface area contributed by atoms with Crippen LogP contribution in [0.3, 0.4) is 0 Å². The topological polar surface area (TPSA) is 44.5 Å². The third-order valence-electron chi connectivity index (χ3n) is 3.14. The average Bonchev–Trinajstić information content (AvgIpc) is 2.49. The Labute approximate surface area is 135 Å². The van der Waals surface area contributed by atoms with Gasteiger partial charge in [0.05, 0.1) is 24.7 Å². The molecule has 2 N–H and O–H groups in total. The van der Waals surface area contributed by atoms with Crippen LogP contribution >= 0.6 is 27.5 Å². The van der Waals surface area contributed by atoms with Crippen LogP contribution in [0.25, 0.3) is 0 Å². The molecule has 0 spiro atoms. The van der Waals surface area contributed by atoms with Crippen LogP contribution < -0.4 is 15.2 Å². The molecule has 0 aromatic heterocycles. The van der Waals surface area contributed by atoms with Crippen molar-refractivity contribution in [2.75, 3.05) is 14.2 Å². The van der Waals surface area contributed by atoms with E-state index in [0.29, 0.717) is 32.1 Å². The summed E-state index contributed by atoms with van der Waals surface area (Å²) in [7, 11) is 3.05. The lowest BCUT2D eigenvalue weighted by atomic mass is 9.99. The third-order valence-corrected chi connectivity index (χ3v) is 4.11. The summed E-state index contributed by atoms with van der Waals surface area (Å²) in [6.07, 6.45) is 0. The Balaban J connectivity index is 2.47. The Bertz CT molecular complexity index is 666. The molecule has 6 heteroatoms. The monoisotopic (exact) mass is 373 g/mol. The minimum atomic E-state index is -0.570. The first-order valence-electron chi connectivity index (χ1n) is 6.10. The number of ether oxygens (including phenoxy) is 2. The standard InChI is InChI=1S/C15H14BrClFNO2/c1-20-13-6-9(11(17)7-14(13)21-2)15(19)8-3-4-10(16)12(18)5-8/h3-7,15H,19H2,1-2H3. The van der Waals surface area contributed by atoms with E-state index in [9.17, 15) is 4.39 Å². The van der Waals surface area contributed by atoms with Crippen molar-refractivity contribution in [3.05, 3.63) is 56.8 Å². The molecular weight excluding hydrogens is 361 g/mol. The molecule has 0 bridgehead atoms. The van der Waals surface area contributed by atoms with Gasteiger partial charge in [0.1, 0.15) is 5.82 Å². The van der Waals surface area contributed by atoms with Crippen molar-refractivity contribution in [3.63, 3.8) is 0 Å². The Morgan fingerprint density at radius 2 is 1.76 bits per heavy atom. The van der Waals surface area contributed by atoms with Gasteiger partial charge in [0.25, 0.3) is 0 Å². The van der Waals surface area contributed by atoms with E-state index in [-0.39, 0.29) is 5.82 Å². The summed E-state index contributed by atoms with van der Waals surface area (Å²) in [4.78, 5) is 0. The second kappa shape index (κ2) is 6.64. The van der Waals surface area contributed by atoms with Crippen molar-refractivity contribution in [3.8, 4) is 11.5 Å². The van der Waals surface area contributed by atoms with Crippen molar-refractivity contribution in [2.45, 2.75) is 6.04 Å². The van der Waals surface area contributed by atoms with E-state index >= 15 is 0 Å². The van der Waals surface area contributed by atoms with Crippen molar-refractivity contribution in [1.82, 2.24) is 0 Å². The molecule has 0 amide bonds. The maximum Gasteiger partial charge on any atom is 0.162 e. The zero-order valence-corrected chi connectivity index (χ0v) is 13.8. The van der Waals surface area contributed by atoms with Gasteiger partial charge in [-0.15, -0.1) is 0 Å². The van der Waals surface area contributed by atoms with E-state index in [1.807, 2.05) is 0 Å². The molecule has 2 aromatic rings. The number of methoxy groups -OCH3 is 2. The third kappa shape index (κ3) is 3.31. The molecule has 21 heavy (non-hydrogen) atoms. The van der Waals surface area contributed by atoms with Crippen molar-refractivity contribution < 1.29 is 13.9 Å². The molecule has 0 saturated heterocycles. The fraction of sp³-hybridized carbons (Fsp3) is 0.200. The zero-order valence-electron chi connectivity index (χ0n) is 11.5. The first-order valence-corrected chi connectivity index (χ1v) is 7.27. The van der Waals surface area contributed by atoms with E-state index in [0.717, 1.165) is 0 Å². The van der Waals surface area contributed by atoms with E-state index in [4.69, 9.17) is 26.8 Å². The predicted molar refractivity (Wildman–Crippen MR) is 84.7 cm³/mol. The summed E-state index contributed by atoms with van der Waals surface area (Å²) in [6.45, 7) is 0. The van der Waals surface area contributed by atoms with Crippen LogP contribution in [0.15, 0.2) is 34.8 Å². The molecule has 1 atom stereocenters. The summed E-state index contributed by atoms with van der Waals surface area (Å²) in [5, 5.41) is 0.434. The van der Waals surface area contributed by atoms with Gasteiger partial charge in [-0.3, -0.25) is 0 Å². The fourth-order valence-electron chi connectivity index (χ4n) is 1.99. The molecule has 0 aliphatic heterocycles. The number of hydrogen-bond acceptors (Lipinski definition) is 3. The molecular formula is C15H14BrClFNO2. The Hall–Kier alpha value is -1.30. The van der Waals surface area contributed by atoms with Crippen LogP contribution in [0.2, 0.25) is 5.02 Å². The summed E-state index contributed by atoms with van der Waals surface area (Å²) in [5.74, 6) is 0.657. The molecule has 0 fully saturated rings. The SMILES string of the molecule is COc1cc(Cl)c(C(N)c2ccc(Br)c(F)c2)cc1OC. The molecule has 3 nitrogen and oxygen atoms in total. The van der Waals surface area contributed by atoms with Gasteiger partial charge < -0.3 is 15.2 Å². The average molecular weight is 375 g/mol. The largest absolute Gasteiger partial charge is 0.493 e. The minimum Gasteiger partial charge on any atom is -0.493 e. The van der Waals surface area contributed by atoms with Gasteiger partial charge in [0, 0.05) is 11.1 Å².